The Morgan fingerprint density at radius 1 is 0.393 bits per heavy atom. The molecule has 0 unspecified atom stereocenters. The van der Waals surface area contributed by atoms with E-state index in [2.05, 4.69) is 122 Å². The topological polar surface area (TPSA) is 184 Å². The van der Waals surface area contributed by atoms with Gasteiger partial charge in [0.2, 0.25) is 0 Å². The van der Waals surface area contributed by atoms with Crippen LogP contribution in [-0.4, -0.2) is 30.1 Å². The van der Waals surface area contributed by atoms with Gasteiger partial charge in [0, 0.05) is 88.1 Å². The number of aromatic nitrogens is 4. The summed E-state index contributed by atoms with van der Waals surface area (Å²) < 4.78 is 0. The third-order valence-corrected chi connectivity index (χ3v) is 13.8. The van der Waals surface area contributed by atoms with Gasteiger partial charge in [-0.15, -0.1) is 45.3 Å². The zero-order chi connectivity index (χ0) is 42.5. The van der Waals surface area contributed by atoms with Crippen LogP contribution in [0.25, 0.3) is 85.4 Å². The minimum atomic E-state index is -1.75. The number of hydrogen-bond acceptors (Lipinski definition) is 14. The molecule has 300 valence electrons. The Morgan fingerprint density at radius 3 is 0.754 bits per heavy atom. The molecule has 0 aliphatic carbocycles. The molecule has 10 aromatic rings. The van der Waals surface area contributed by atoms with E-state index in [1.165, 1.54) is 64.0 Å². The van der Waals surface area contributed by atoms with Crippen LogP contribution in [0.2, 0.25) is 0 Å². The summed E-state index contributed by atoms with van der Waals surface area (Å²) >= 11 is 7.05. The third-order valence-electron chi connectivity index (χ3n) is 9.50. The van der Waals surface area contributed by atoms with Gasteiger partial charge in [0.05, 0.1) is 32.2 Å². The summed E-state index contributed by atoms with van der Waals surface area (Å²) in [5, 5.41) is 42.6. The molecule has 17 heteroatoms. The zero-order valence-electron chi connectivity index (χ0n) is 33.0. The number of rotatable bonds is 4. The van der Waals surface area contributed by atoms with Crippen LogP contribution in [0.4, 0.5) is 0 Å². The van der Waals surface area contributed by atoms with Gasteiger partial charge < -0.3 is 30.6 Å². The molecule has 0 saturated carbocycles. The van der Waals surface area contributed by atoms with Gasteiger partial charge in [0.1, 0.15) is 0 Å². The van der Waals surface area contributed by atoms with Gasteiger partial charge in [-0.1, -0.05) is 24.3 Å². The van der Waals surface area contributed by atoms with E-state index in [1.54, 1.807) is 45.3 Å². The van der Waals surface area contributed by atoms with Crippen molar-refractivity contribution in [3.63, 3.8) is 0 Å². The second-order valence-corrected chi connectivity index (χ2v) is 17.2. The Bertz CT molecular complexity index is 2760. The number of thiophene rings is 4. The van der Waals surface area contributed by atoms with E-state index >= 15 is 0 Å². The van der Waals surface area contributed by atoms with Crippen molar-refractivity contribution >= 4 is 89.0 Å². The van der Waals surface area contributed by atoms with Gasteiger partial charge in [-0.2, -0.15) is 0 Å². The summed E-state index contributed by atoms with van der Waals surface area (Å²) in [6.07, 6.45) is 7.89. The minimum Gasteiger partial charge on any atom is -0.356 e. The summed E-state index contributed by atoms with van der Waals surface area (Å²) in [6.45, 7) is 8.58. The number of pyridine rings is 4. The van der Waals surface area contributed by atoms with Crippen molar-refractivity contribution in [2.75, 3.05) is 0 Å². The molecule has 8 heterocycles. The molecule has 0 spiro atoms. The van der Waals surface area contributed by atoms with Crippen molar-refractivity contribution in [2.45, 2.75) is 27.7 Å². The monoisotopic (exact) mass is 982 g/mol. The Balaban J connectivity index is 0.000000172. The molecule has 8 aromatic heterocycles. The fourth-order valence-electron chi connectivity index (χ4n) is 6.76. The van der Waals surface area contributed by atoms with E-state index in [4.69, 9.17) is 50.6 Å². The second-order valence-electron chi connectivity index (χ2n) is 13.5. The van der Waals surface area contributed by atoms with Gasteiger partial charge in [0.15, 0.2) is 0 Å². The fraction of sp³-hybridized carbons (Fsp3) is 0.0909. The summed E-state index contributed by atoms with van der Waals surface area (Å²) in [4.78, 5) is 40.7. The molecule has 0 N–H and O–H groups in total. The Morgan fingerprint density at radius 2 is 0.590 bits per heavy atom. The molecule has 0 amide bonds. The van der Waals surface area contributed by atoms with Crippen LogP contribution in [-0.2, 0) is 27.3 Å². The Kier molecular flexibility index (Phi) is 14.5. The molecule has 10 rings (SSSR count). The Hall–Kier alpha value is -5.80. The van der Waals surface area contributed by atoms with E-state index in [0.717, 1.165) is 43.6 Å². The smallest absolute Gasteiger partial charge is 0.356 e. The molecular formula is C44H32CdN6O6S4. The molecule has 0 saturated heterocycles. The number of hydrogen-bond donors (Lipinski definition) is 0. The molecule has 0 fully saturated rings. The average Bonchev–Trinajstić information content (AvgIpc) is 4.06. The normalized spacial score (nSPS) is 10.6. The maximum Gasteiger partial charge on any atom is 2.00 e. The molecule has 0 bridgehead atoms. The molecule has 12 nitrogen and oxygen atoms in total. The van der Waals surface area contributed by atoms with E-state index < -0.39 is 10.2 Å². The van der Waals surface area contributed by atoms with Crippen LogP contribution in [0, 0.1) is 58.3 Å². The summed E-state index contributed by atoms with van der Waals surface area (Å²) in [6, 6.07) is 26.1. The van der Waals surface area contributed by atoms with Crippen molar-refractivity contribution in [2.24, 2.45) is 0 Å². The average molecular weight is 981 g/mol. The summed E-state index contributed by atoms with van der Waals surface area (Å²) in [7, 11) is 0. The van der Waals surface area contributed by atoms with Crippen molar-refractivity contribution in [3.8, 4) is 41.8 Å². The molecular weight excluding hydrogens is 949 g/mol. The Labute approximate surface area is 384 Å². The molecule has 0 aliphatic rings. The summed E-state index contributed by atoms with van der Waals surface area (Å²) in [5.74, 6) is 0. The van der Waals surface area contributed by atoms with Crippen molar-refractivity contribution < 1.29 is 37.5 Å². The van der Waals surface area contributed by atoms with E-state index in [0.29, 0.717) is 0 Å². The maximum atomic E-state index is 8.25. The summed E-state index contributed by atoms with van der Waals surface area (Å²) in [5.41, 5.74) is 13.8. The van der Waals surface area contributed by atoms with Crippen LogP contribution in [0.15, 0.2) is 119 Å². The SMILES string of the molecule is Cc1ccsc1-c1cnc2c(ccc3cc(-c4sccc4C)cnc32)c1.Cc1ccsc1-c1cnc2c(ccc3cc(-c4sccc4C)cnc32)c1.O=[N+]([O-])[O-].O=[N+]([O-])[O-].[Cd+2]. The number of benzene rings is 2. The molecule has 0 radical (unpaired) electrons. The minimum absolute atomic E-state index is 0. The molecule has 2 aromatic carbocycles. The van der Waals surface area contributed by atoms with Crippen LogP contribution < -0.4 is 0 Å². The van der Waals surface area contributed by atoms with Crippen LogP contribution in [0.5, 0.6) is 0 Å². The standard InChI is InChI=1S/2C22H16N2S2.Cd.2NO3/c2*1-13-5-7-25-21(13)17-9-15-3-4-16-10-18(22-14(2)6-8-26-22)12-24-20(16)19(15)23-11-17;;2*2-1(3)4/h2*3-12H,1-2H3;;;/q;;+2;2*-1. The zero-order valence-corrected chi connectivity index (χ0v) is 40.3. The number of nitrogens with zero attached hydrogens (tertiary/aromatic N) is 6. The van der Waals surface area contributed by atoms with Crippen molar-refractivity contribution in [1.82, 2.24) is 19.9 Å². The van der Waals surface area contributed by atoms with E-state index in [-0.39, 0.29) is 27.3 Å². The first kappa shape index (κ1) is 44.7. The van der Waals surface area contributed by atoms with Gasteiger partial charge in [-0.25, -0.2) is 0 Å². The predicted molar refractivity (Wildman–Crippen MR) is 247 cm³/mol. The quantitative estimate of drug-likeness (QED) is 0.0711. The van der Waals surface area contributed by atoms with E-state index in [9.17, 15) is 0 Å². The largest absolute Gasteiger partial charge is 2.00 e. The van der Waals surface area contributed by atoms with Gasteiger partial charge in [-0.3, -0.25) is 19.9 Å². The van der Waals surface area contributed by atoms with Crippen LogP contribution >= 0.6 is 45.3 Å². The predicted octanol–water partition coefficient (Wildman–Crippen LogP) is 13.2. The molecule has 0 aliphatic heterocycles. The van der Waals surface area contributed by atoms with Crippen LogP contribution in [0.1, 0.15) is 22.3 Å². The number of aryl methyl sites for hydroxylation is 4. The molecule has 61 heavy (non-hydrogen) atoms. The first-order valence-electron chi connectivity index (χ1n) is 18.1. The first-order chi connectivity index (χ1) is 28.9. The molecule has 0 atom stereocenters. The van der Waals surface area contributed by atoms with Gasteiger partial charge in [-0.05, 0) is 120 Å². The maximum absolute atomic E-state index is 8.25. The second kappa shape index (κ2) is 19.7. The van der Waals surface area contributed by atoms with Gasteiger partial charge in [0.25, 0.3) is 0 Å². The third kappa shape index (κ3) is 10.2. The van der Waals surface area contributed by atoms with Crippen LogP contribution in [0.3, 0.4) is 0 Å². The first-order valence-corrected chi connectivity index (χ1v) is 21.6. The fourth-order valence-corrected chi connectivity index (χ4v) is 10.4. The number of fused-ring (bicyclic) bond motifs is 6. The van der Waals surface area contributed by atoms with Crippen molar-refractivity contribution in [1.29, 1.82) is 0 Å². The van der Waals surface area contributed by atoms with Crippen molar-refractivity contribution in [3.05, 3.63) is 172 Å². The van der Waals surface area contributed by atoms with E-state index in [1.807, 2.05) is 24.8 Å². The van der Waals surface area contributed by atoms with Gasteiger partial charge >= 0.3 is 27.3 Å².